The number of nitrogens with zero attached hydrogens (tertiary/aromatic N) is 1. The molecule has 1 aliphatic heterocycles. The molecule has 1 atom stereocenters. The smallest absolute Gasteiger partial charge is 0.154 e. The topological polar surface area (TPSA) is 49.4 Å². The van der Waals surface area contributed by atoms with Gasteiger partial charge in [0.2, 0.25) is 0 Å². The molecule has 0 spiro atoms. The van der Waals surface area contributed by atoms with Gasteiger partial charge < -0.3 is 10.2 Å². The maximum absolute atomic E-state index is 12.0. The van der Waals surface area contributed by atoms with E-state index in [4.69, 9.17) is 0 Å². The number of hydrogen-bond acceptors (Lipinski definition) is 4. The Hall–Kier alpha value is -1.07. The first-order valence-electron chi connectivity index (χ1n) is 7.18. The average Bonchev–Trinajstić information content (AvgIpc) is 2.56. The zero-order chi connectivity index (χ0) is 14.8. The van der Waals surface area contributed by atoms with Crippen molar-refractivity contribution in [2.45, 2.75) is 38.6 Å². The number of anilines is 1. The first-order chi connectivity index (χ1) is 9.40. The molecule has 0 aliphatic carbocycles. The van der Waals surface area contributed by atoms with E-state index < -0.39 is 9.84 Å². The predicted molar refractivity (Wildman–Crippen MR) is 83.9 cm³/mol. The lowest BCUT2D eigenvalue weighted by molar-refractivity contribution is 0.553. The van der Waals surface area contributed by atoms with Crippen LogP contribution < -0.4 is 10.2 Å². The zero-order valence-electron chi connectivity index (χ0n) is 12.5. The molecule has 0 amide bonds. The minimum absolute atomic E-state index is 0.214. The zero-order valence-corrected chi connectivity index (χ0v) is 13.3. The third-order valence-electron chi connectivity index (χ3n) is 3.83. The van der Waals surface area contributed by atoms with Gasteiger partial charge in [-0.05, 0) is 32.4 Å². The van der Waals surface area contributed by atoms with Gasteiger partial charge >= 0.3 is 0 Å². The van der Waals surface area contributed by atoms with Gasteiger partial charge in [-0.3, -0.25) is 0 Å². The van der Waals surface area contributed by atoms with Gasteiger partial charge in [0, 0.05) is 31.4 Å². The first kappa shape index (κ1) is 15.3. The highest BCUT2D eigenvalue weighted by atomic mass is 32.2. The highest BCUT2D eigenvalue weighted by molar-refractivity contribution is 7.92. The quantitative estimate of drug-likeness (QED) is 0.920. The van der Waals surface area contributed by atoms with Crippen molar-refractivity contribution in [3.8, 4) is 0 Å². The van der Waals surface area contributed by atoms with Crippen molar-refractivity contribution in [1.29, 1.82) is 0 Å². The molecule has 1 aliphatic rings. The normalized spacial score (nSPS) is 19.8. The molecular formula is C15H24N2O2S. The van der Waals surface area contributed by atoms with E-state index in [1.165, 1.54) is 5.56 Å². The van der Waals surface area contributed by atoms with Crippen LogP contribution in [0.1, 0.15) is 26.3 Å². The third kappa shape index (κ3) is 3.52. The van der Waals surface area contributed by atoms with Gasteiger partial charge in [-0.2, -0.15) is 0 Å². The fourth-order valence-corrected chi connectivity index (χ4v) is 3.38. The summed E-state index contributed by atoms with van der Waals surface area (Å²) >= 11 is 0. The molecule has 0 fully saturated rings. The summed E-state index contributed by atoms with van der Waals surface area (Å²) in [4.78, 5) is 2.19. The maximum Gasteiger partial charge on any atom is 0.154 e. The van der Waals surface area contributed by atoms with Crippen molar-refractivity contribution in [3.63, 3.8) is 0 Å². The molecule has 0 radical (unpaired) electrons. The summed E-state index contributed by atoms with van der Waals surface area (Å²) in [6.07, 6.45) is 0. The molecule has 1 N–H and O–H groups in total. The number of benzene rings is 1. The Morgan fingerprint density at radius 2 is 2.05 bits per heavy atom. The second-order valence-corrected chi connectivity index (χ2v) is 8.45. The molecule has 0 bridgehead atoms. The number of nitrogens with one attached hydrogen (secondary N) is 1. The van der Waals surface area contributed by atoms with E-state index in [0.29, 0.717) is 12.6 Å². The lowest BCUT2D eigenvalue weighted by atomic mass is 10.1. The van der Waals surface area contributed by atoms with Crippen LogP contribution in [0.2, 0.25) is 0 Å². The van der Waals surface area contributed by atoms with Gasteiger partial charge in [0.1, 0.15) is 0 Å². The number of sulfone groups is 1. The van der Waals surface area contributed by atoms with E-state index in [2.05, 4.69) is 29.3 Å². The van der Waals surface area contributed by atoms with Gasteiger partial charge in [0.05, 0.1) is 11.0 Å². The number of rotatable bonds is 4. The number of hydrogen-bond donors (Lipinski definition) is 1. The molecule has 1 heterocycles. The summed E-state index contributed by atoms with van der Waals surface area (Å²) in [5, 5.41) is 3.15. The fraction of sp³-hybridized carbons (Fsp3) is 0.600. The molecule has 4 nitrogen and oxygen atoms in total. The summed E-state index contributed by atoms with van der Waals surface area (Å²) in [6, 6.07) is 8.57. The standard InChI is InChI=1S/C15H24N2O2S/c1-12(2)20(18,19)9-8-17-11-13(3)16-10-14-6-4-5-7-15(14)17/h4-7,12-13,16H,8-11H2,1-3H3. The van der Waals surface area contributed by atoms with E-state index in [-0.39, 0.29) is 11.0 Å². The van der Waals surface area contributed by atoms with Crippen molar-refractivity contribution < 1.29 is 8.42 Å². The molecule has 0 saturated carbocycles. The summed E-state index contributed by atoms with van der Waals surface area (Å²) in [5.74, 6) is 0.214. The van der Waals surface area contributed by atoms with Gasteiger partial charge in [-0.1, -0.05) is 18.2 Å². The van der Waals surface area contributed by atoms with Crippen LogP contribution in [0.15, 0.2) is 24.3 Å². The Morgan fingerprint density at radius 3 is 2.75 bits per heavy atom. The molecule has 0 saturated heterocycles. The summed E-state index contributed by atoms with van der Waals surface area (Å²) in [6.45, 7) is 7.86. The van der Waals surface area contributed by atoms with Crippen molar-refractivity contribution in [2.24, 2.45) is 0 Å². The minimum Gasteiger partial charge on any atom is -0.369 e. The highest BCUT2D eigenvalue weighted by Crippen LogP contribution is 2.23. The third-order valence-corrected chi connectivity index (χ3v) is 6.02. The molecule has 2 rings (SSSR count). The summed E-state index contributed by atoms with van der Waals surface area (Å²) in [7, 11) is -2.99. The average molecular weight is 296 g/mol. The first-order valence-corrected chi connectivity index (χ1v) is 8.89. The molecule has 1 aromatic carbocycles. The molecule has 5 heteroatoms. The van der Waals surface area contributed by atoms with Crippen LogP contribution in [0.5, 0.6) is 0 Å². The largest absolute Gasteiger partial charge is 0.369 e. The number of para-hydroxylation sites is 1. The van der Waals surface area contributed by atoms with Crippen molar-refractivity contribution in [2.75, 3.05) is 23.7 Å². The van der Waals surface area contributed by atoms with Gasteiger partial charge in [-0.25, -0.2) is 8.42 Å². The summed E-state index contributed by atoms with van der Waals surface area (Å²) in [5.41, 5.74) is 2.39. The van der Waals surface area contributed by atoms with Crippen LogP contribution in [0.4, 0.5) is 5.69 Å². The molecule has 0 aromatic heterocycles. The van der Waals surface area contributed by atoms with E-state index in [1.807, 2.05) is 12.1 Å². The molecule has 112 valence electrons. The Kier molecular flexibility index (Phi) is 4.70. The van der Waals surface area contributed by atoms with E-state index in [1.54, 1.807) is 13.8 Å². The van der Waals surface area contributed by atoms with E-state index >= 15 is 0 Å². The second-order valence-electron chi connectivity index (χ2n) is 5.77. The monoisotopic (exact) mass is 296 g/mol. The Balaban J connectivity index is 2.17. The van der Waals surface area contributed by atoms with E-state index in [0.717, 1.165) is 18.8 Å². The van der Waals surface area contributed by atoms with Gasteiger partial charge in [0.15, 0.2) is 9.84 Å². The van der Waals surface area contributed by atoms with E-state index in [9.17, 15) is 8.42 Å². The molecule has 1 aromatic rings. The fourth-order valence-electron chi connectivity index (χ4n) is 2.43. The molecular weight excluding hydrogens is 272 g/mol. The Morgan fingerprint density at radius 1 is 1.35 bits per heavy atom. The lowest BCUT2D eigenvalue weighted by Gasteiger charge is -2.26. The Labute approximate surface area is 122 Å². The molecule has 1 unspecified atom stereocenters. The van der Waals surface area contributed by atoms with Gasteiger partial charge in [-0.15, -0.1) is 0 Å². The van der Waals surface area contributed by atoms with Crippen molar-refractivity contribution in [1.82, 2.24) is 5.32 Å². The summed E-state index contributed by atoms with van der Waals surface area (Å²) < 4.78 is 24.0. The SMILES string of the molecule is CC1CN(CCS(=O)(=O)C(C)C)c2ccccc2CN1. The lowest BCUT2D eigenvalue weighted by Crippen LogP contribution is -2.39. The van der Waals surface area contributed by atoms with Crippen LogP contribution in [0.25, 0.3) is 0 Å². The Bertz CT molecular complexity index is 555. The number of fused-ring (bicyclic) bond motifs is 1. The second kappa shape index (κ2) is 6.14. The minimum atomic E-state index is -2.99. The van der Waals surface area contributed by atoms with Crippen LogP contribution in [0, 0.1) is 0 Å². The maximum atomic E-state index is 12.0. The van der Waals surface area contributed by atoms with Gasteiger partial charge in [0.25, 0.3) is 0 Å². The molecule has 20 heavy (non-hydrogen) atoms. The highest BCUT2D eigenvalue weighted by Gasteiger charge is 2.22. The van der Waals surface area contributed by atoms with Crippen molar-refractivity contribution in [3.05, 3.63) is 29.8 Å². The van der Waals surface area contributed by atoms with Crippen LogP contribution in [0.3, 0.4) is 0 Å². The van der Waals surface area contributed by atoms with Crippen LogP contribution in [-0.4, -0.2) is 38.6 Å². The predicted octanol–water partition coefficient (Wildman–Crippen LogP) is 1.81. The van der Waals surface area contributed by atoms with Crippen LogP contribution >= 0.6 is 0 Å². The van der Waals surface area contributed by atoms with Crippen LogP contribution in [-0.2, 0) is 16.4 Å². The van der Waals surface area contributed by atoms with Crippen molar-refractivity contribution >= 4 is 15.5 Å².